The van der Waals surface area contributed by atoms with E-state index in [1.807, 2.05) is 0 Å². The second-order valence-electron chi connectivity index (χ2n) is 7.74. The van der Waals surface area contributed by atoms with Crippen LogP contribution in [0.25, 0.3) is 0 Å². The van der Waals surface area contributed by atoms with Crippen molar-refractivity contribution in [3.05, 3.63) is 69.5 Å². The molecule has 3 N–H and O–H groups in total. The summed E-state index contributed by atoms with van der Waals surface area (Å²) in [6.45, 7) is 1.73. The van der Waals surface area contributed by atoms with Gasteiger partial charge in [0.2, 0.25) is 17.7 Å². The number of piperidine rings is 1. The van der Waals surface area contributed by atoms with Gasteiger partial charge in [-0.2, -0.15) is 0 Å². The molecule has 4 rings (SSSR count). The second kappa shape index (κ2) is 7.77. The zero-order valence-corrected chi connectivity index (χ0v) is 17.3. The third-order valence-electron chi connectivity index (χ3n) is 5.89. The summed E-state index contributed by atoms with van der Waals surface area (Å²) in [4.78, 5) is 50.6. The fourth-order valence-electron chi connectivity index (χ4n) is 4.40. The van der Waals surface area contributed by atoms with E-state index in [2.05, 4.69) is 5.32 Å². The Kier molecular flexibility index (Phi) is 5.26. The minimum atomic E-state index is -0.905. The Labute approximate surface area is 182 Å². The normalized spacial score (nSPS) is 21.6. The van der Waals surface area contributed by atoms with Gasteiger partial charge in [0.25, 0.3) is 5.91 Å². The molecule has 2 aromatic rings. The summed E-state index contributed by atoms with van der Waals surface area (Å²) in [5.74, 6) is -3.21. The highest BCUT2D eigenvalue weighted by molar-refractivity contribution is 6.30. The lowest BCUT2D eigenvalue weighted by atomic mass is 9.86. The zero-order valence-electron chi connectivity index (χ0n) is 16.5. The van der Waals surface area contributed by atoms with Gasteiger partial charge in [-0.1, -0.05) is 24.6 Å². The van der Waals surface area contributed by atoms with Crippen molar-refractivity contribution in [1.82, 2.24) is 10.2 Å². The number of carbonyl (C=O) groups is 4. The predicted molar refractivity (Wildman–Crippen MR) is 110 cm³/mol. The first-order valence-corrected chi connectivity index (χ1v) is 10.1. The molecule has 9 heteroatoms. The number of rotatable bonds is 4. The molecule has 31 heavy (non-hydrogen) atoms. The number of amides is 4. The number of carbonyl (C=O) groups excluding carboxylic acids is 4. The van der Waals surface area contributed by atoms with Crippen LogP contribution in [0.4, 0.5) is 4.39 Å². The van der Waals surface area contributed by atoms with E-state index in [9.17, 15) is 23.6 Å². The van der Waals surface area contributed by atoms with Gasteiger partial charge in [-0.05, 0) is 47.9 Å². The second-order valence-corrected chi connectivity index (χ2v) is 8.18. The number of hydrogen-bond acceptors (Lipinski definition) is 4. The molecule has 0 radical (unpaired) electrons. The van der Waals surface area contributed by atoms with E-state index >= 15 is 0 Å². The topological polar surface area (TPSA) is 110 Å². The van der Waals surface area contributed by atoms with Crippen LogP contribution in [0, 0.1) is 5.82 Å². The van der Waals surface area contributed by atoms with Gasteiger partial charge in [-0.3, -0.25) is 24.5 Å². The Balaban J connectivity index is 1.85. The number of primary amides is 1. The maximum atomic E-state index is 14.7. The van der Waals surface area contributed by atoms with Crippen molar-refractivity contribution in [2.75, 3.05) is 0 Å². The predicted octanol–water partition coefficient (Wildman–Crippen LogP) is 2.68. The molecular formula is C22H19ClFN3O4. The van der Waals surface area contributed by atoms with Gasteiger partial charge in [0.1, 0.15) is 11.9 Å². The van der Waals surface area contributed by atoms with Crippen molar-refractivity contribution in [2.45, 2.75) is 37.8 Å². The van der Waals surface area contributed by atoms with Crippen LogP contribution in [0.15, 0.2) is 36.4 Å². The lowest BCUT2D eigenvalue weighted by Crippen LogP contribution is -2.54. The van der Waals surface area contributed by atoms with Crippen LogP contribution in [-0.4, -0.2) is 34.6 Å². The average molecular weight is 444 g/mol. The standard InChI is InChI=1S/C22H19ClFN3O4/c1-10(13-5-3-12(23)9-16(13)24)19-15-8-11(20(25)29)2-4-14(15)22(31)27(19)17-6-7-18(28)26-21(17)30/h2-5,8-10,17,19H,6-7H2,1H3,(H2,25,29)(H,26,28,30)/t10-,17?,19?/m0/s1. The van der Waals surface area contributed by atoms with Crippen LogP contribution in [0.5, 0.6) is 0 Å². The summed E-state index contributed by atoms with van der Waals surface area (Å²) in [5.41, 5.74) is 6.70. The van der Waals surface area contributed by atoms with Crippen molar-refractivity contribution in [3.63, 3.8) is 0 Å². The van der Waals surface area contributed by atoms with Crippen LogP contribution < -0.4 is 11.1 Å². The van der Waals surface area contributed by atoms with E-state index < -0.39 is 47.4 Å². The molecule has 2 aliphatic heterocycles. The number of nitrogens with two attached hydrogens (primary N) is 1. The Morgan fingerprint density at radius 1 is 1.23 bits per heavy atom. The van der Waals surface area contributed by atoms with E-state index in [0.717, 1.165) is 0 Å². The first-order chi connectivity index (χ1) is 14.7. The maximum Gasteiger partial charge on any atom is 0.255 e. The van der Waals surface area contributed by atoms with Gasteiger partial charge in [0, 0.05) is 28.5 Å². The molecule has 160 valence electrons. The van der Waals surface area contributed by atoms with Gasteiger partial charge < -0.3 is 10.6 Å². The molecule has 0 saturated carbocycles. The highest BCUT2D eigenvalue weighted by Crippen LogP contribution is 2.46. The van der Waals surface area contributed by atoms with Crippen molar-refractivity contribution in [1.29, 1.82) is 0 Å². The summed E-state index contributed by atoms with van der Waals surface area (Å²) in [5, 5.41) is 2.49. The lowest BCUT2D eigenvalue weighted by molar-refractivity contribution is -0.137. The summed E-state index contributed by atoms with van der Waals surface area (Å²) in [6, 6.07) is 7.05. The van der Waals surface area contributed by atoms with E-state index in [1.54, 1.807) is 13.0 Å². The molecule has 1 fully saturated rings. The van der Waals surface area contributed by atoms with Gasteiger partial charge in [-0.25, -0.2) is 4.39 Å². The summed E-state index contributed by atoms with van der Waals surface area (Å²) in [6.07, 6.45) is 0.235. The summed E-state index contributed by atoms with van der Waals surface area (Å²) in [7, 11) is 0. The largest absolute Gasteiger partial charge is 0.366 e. The minimum absolute atomic E-state index is 0.0828. The third kappa shape index (κ3) is 3.57. The fraction of sp³-hybridized carbons (Fsp3) is 0.273. The Bertz CT molecular complexity index is 1140. The Morgan fingerprint density at radius 2 is 1.97 bits per heavy atom. The molecule has 7 nitrogen and oxygen atoms in total. The monoisotopic (exact) mass is 443 g/mol. The summed E-state index contributed by atoms with van der Waals surface area (Å²) >= 11 is 5.88. The Hall–Kier alpha value is -3.26. The first kappa shape index (κ1) is 21.0. The molecule has 2 heterocycles. The van der Waals surface area contributed by atoms with E-state index in [0.29, 0.717) is 16.7 Å². The van der Waals surface area contributed by atoms with E-state index in [1.165, 1.54) is 35.2 Å². The van der Waals surface area contributed by atoms with Crippen LogP contribution in [0.3, 0.4) is 0 Å². The third-order valence-corrected chi connectivity index (χ3v) is 6.13. The van der Waals surface area contributed by atoms with Crippen LogP contribution >= 0.6 is 11.6 Å². The number of halogens is 2. The molecule has 3 atom stereocenters. The molecular weight excluding hydrogens is 425 g/mol. The molecule has 0 spiro atoms. The SMILES string of the molecule is C[C@@H](c1ccc(Cl)cc1F)C1c2cc(C(N)=O)ccc2C(=O)N1C1CCC(=O)NC1=O. The molecule has 0 aromatic heterocycles. The number of nitrogens with one attached hydrogen (secondary N) is 1. The molecule has 2 aromatic carbocycles. The molecule has 2 unspecified atom stereocenters. The van der Waals surface area contributed by atoms with Crippen molar-refractivity contribution in [3.8, 4) is 0 Å². The number of hydrogen-bond donors (Lipinski definition) is 2. The minimum Gasteiger partial charge on any atom is -0.366 e. The highest BCUT2D eigenvalue weighted by Gasteiger charge is 2.47. The quantitative estimate of drug-likeness (QED) is 0.708. The summed E-state index contributed by atoms with van der Waals surface area (Å²) < 4.78 is 14.7. The van der Waals surface area contributed by atoms with E-state index in [-0.39, 0.29) is 23.4 Å². The lowest BCUT2D eigenvalue weighted by Gasteiger charge is -2.37. The highest BCUT2D eigenvalue weighted by atomic mass is 35.5. The average Bonchev–Trinajstić information content (AvgIpc) is 2.99. The fourth-order valence-corrected chi connectivity index (χ4v) is 4.56. The van der Waals surface area contributed by atoms with Gasteiger partial charge in [0.05, 0.1) is 6.04 Å². The smallest absolute Gasteiger partial charge is 0.255 e. The molecule has 2 aliphatic rings. The molecule has 1 saturated heterocycles. The molecule has 0 bridgehead atoms. The van der Waals surface area contributed by atoms with Gasteiger partial charge in [0.15, 0.2) is 0 Å². The van der Waals surface area contributed by atoms with Gasteiger partial charge >= 0.3 is 0 Å². The van der Waals surface area contributed by atoms with Crippen LogP contribution in [0.1, 0.15) is 63.6 Å². The van der Waals surface area contributed by atoms with Crippen molar-refractivity contribution >= 4 is 35.2 Å². The van der Waals surface area contributed by atoms with Crippen LogP contribution in [0.2, 0.25) is 5.02 Å². The zero-order chi connectivity index (χ0) is 22.4. The van der Waals surface area contributed by atoms with E-state index in [4.69, 9.17) is 17.3 Å². The number of nitrogens with zero attached hydrogens (tertiary/aromatic N) is 1. The number of imide groups is 1. The van der Waals surface area contributed by atoms with Crippen LogP contribution in [-0.2, 0) is 9.59 Å². The first-order valence-electron chi connectivity index (χ1n) is 9.74. The van der Waals surface area contributed by atoms with Crippen molar-refractivity contribution in [2.24, 2.45) is 5.73 Å². The Morgan fingerprint density at radius 3 is 2.61 bits per heavy atom. The maximum absolute atomic E-state index is 14.7. The molecule has 0 aliphatic carbocycles. The van der Waals surface area contributed by atoms with Crippen molar-refractivity contribution < 1.29 is 23.6 Å². The number of benzene rings is 2. The van der Waals surface area contributed by atoms with Gasteiger partial charge in [-0.15, -0.1) is 0 Å². The number of fused-ring (bicyclic) bond motifs is 1. The molecule has 4 amide bonds.